The van der Waals surface area contributed by atoms with Crippen LogP contribution in [0.25, 0.3) is 0 Å². The number of ether oxygens (including phenoxy) is 1. The van der Waals surface area contributed by atoms with Gasteiger partial charge in [0.15, 0.2) is 6.61 Å². The van der Waals surface area contributed by atoms with E-state index in [1.807, 2.05) is 0 Å². The first-order chi connectivity index (χ1) is 9.40. The average Bonchev–Trinajstić information content (AvgIpc) is 2.90. The summed E-state index contributed by atoms with van der Waals surface area (Å²) in [4.78, 5) is 25.7. The molecule has 8 nitrogen and oxygen atoms in total. The zero-order chi connectivity index (χ0) is 14.9. The molecule has 2 N–H and O–H groups in total. The van der Waals surface area contributed by atoms with Gasteiger partial charge in [0.1, 0.15) is 5.69 Å². The molecule has 2 rings (SSSR count). The number of carboxylic acid groups (broad SMARTS) is 1. The van der Waals surface area contributed by atoms with Crippen molar-refractivity contribution in [2.45, 2.75) is 27.4 Å². The fraction of sp³-hybridized carbons (Fsp3) is 0.333. The summed E-state index contributed by atoms with van der Waals surface area (Å²) < 4.78 is 10.1. The highest BCUT2D eigenvalue weighted by molar-refractivity contribution is 5.97. The number of esters is 1. The van der Waals surface area contributed by atoms with Gasteiger partial charge in [-0.15, -0.1) is 10.2 Å². The average molecular weight is 279 g/mol. The van der Waals surface area contributed by atoms with E-state index in [2.05, 4.69) is 15.2 Å². The number of aromatic carboxylic acids is 1. The number of nitrogens with one attached hydrogen (secondary N) is 1. The lowest BCUT2D eigenvalue weighted by atomic mass is 10.1. The van der Waals surface area contributed by atoms with Crippen molar-refractivity contribution >= 4 is 11.9 Å². The molecule has 0 spiro atoms. The summed E-state index contributed by atoms with van der Waals surface area (Å²) in [5, 5.41) is 16.3. The third-order valence-electron chi connectivity index (χ3n) is 2.75. The van der Waals surface area contributed by atoms with Crippen LogP contribution >= 0.6 is 0 Å². The second kappa shape index (κ2) is 5.16. The number of hydrogen-bond acceptors (Lipinski definition) is 6. The van der Waals surface area contributed by atoms with Crippen LogP contribution in [-0.2, 0) is 11.3 Å². The first kappa shape index (κ1) is 13.8. The van der Waals surface area contributed by atoms with Crippen molar-refractivity contribution in [3.05, 3.63) is 34.3 Å². The Balaban J connectivity index is 2.14. The van der Waals surface area contributed by atoms with Gasteiger partial charge in [-0.2, -0.15) is 0 Å². The fourth-order valence-electron chi connectivity index (χ4n) is 1.87. The van der Waals surface area contributed by atoms with Crippen molar-refractivity contribution in [2.24, 2.45) is 0 Å². The number of hydrogen-bond donors (Lipinski definition) is 2. The van der Waals surface area contributed by atoms with Crippen molar-refractivity contribution < 1.29 is 23.8 Å². The molecule has 0 saturated carbocycles. The largest absolute Gasteiger partial charge is 0.478 e. The van der Waals surface area contributed by atoms with Crippen LogP contribution in [0.15, 0.2) is 4.42 Å². The first-order valence-corrected chi connectivity index (χ1v) is 5.78. The number of aryl methyl sites for hydroxylation is 2. The highest BCUT2D eigenvalue weighted by Gasteiger charge is 2.22. The van der Waals surface area contributed by atoms with E-state index >= 15 is 0 Å². The maximum atomic E-state index is 11.9. The zero-order valence-corrected chi connectivity index (χ0v) is 11.2. The number of aromatic amines is 1. The highest BCUT2D eigenvalue weighted by Crippen LogP contribution is 2.19. The number of nitrogens with zero attached hydrogens (tertiary/aromatic N) is 2. The summed E-state index contributed by atoms with van der Waals surface area (Å²) in [7, 11) is 0. The minimum atomic E-state index is -1.09. The van der Waals surface area contributed by atoms with Gasteiger partial charge in [0.25, 0.3) is 5.89 Å². The summed E-state index contributed by atoms with van der Waals surface area (Å²) in [6.45, 7) is 4.57. The van der Waals surface area contributed by atoms with Crippen LogP contribution in [0.4, 0.5) is 0 Å². The Morgan fingerprint density at radius 1 is 1.30 bits per heavy atom. The Hall–Kier alpha value is -2.64. The van der Waals surface area contributed by atoms with Gasteiger partial charge in [0.2, 0.25) is 5.89 Å². The standard InChI is InChI=1S/C12H13N3O5/c1-5-9(11(16)17)6(2)13-10(5)12(18)19-4-8-15-14-7(3)20-8/h13H,4H2,1-3H3,(H,16,17). The Labute approximate surface area is 113 Å². The Kier molecular flexibility index (Phi) is 3.55. The summed E-state index contributed by atoms with van der Waals surface area (Å²) in [5.41, 5.74) is 0.916. The van der Waals surface area contributed by atoms with Gasteiger partial charge in [0.05, 0.1) is 5.56 Å². The maximum Gasteiger partial charge on any atom is 0.355 e. The van der Waals surface area contributed by atoms with Crippen LogP contribution in [0.3, 0.4) is 0 Å². The fourth-order valence-corrected chi connectivity index (χ4v) is 1.87. The predicted octanol–water partition coefficient (Wildman–Crippen LogP) is 1.38. The number of rotatable bonds is 4. The molecule has 0 saturated heterocycles. The molecule has 0 atom stereocenters. The molecule has 0 aliphatic heterocycles. The quantitative estimate of drug-likeness (QED) is 0.811. The van der Waals surface area contributed by atoms with E-state index in [0.717, 1.165) is 0 Å². The molecule has 0 amide bonds. The molecule has 0 radical (unpaired) electrons. The van der Waals surface area contributed by atoms with Crippen LogP contribution in [0.2, 0.25) is 0 Å². The second-order valence-electron chi connectivity index (χ2n) is 4.22. The third kappa shape index (κ3) is 2.53. The smallest absolute Gasteiger partial charge is 0.355 e. The molecule has 0 unspecified atom stereocenters. The number of carbonyl (C=O) groups excluding carboxylic acids is 1. The number of aromatic nitrogens is 3. The van der Waals surface area contributed by atoms with Crippen LogP contribution in [0, 0.1) is 20.8 Å². The molecule has 2 heterocycles. The molecule has 2 aromatic heterocycles. The molecule has 0 fully saturated rings. The molecule has 20 heavy (non-hydrogen) atoms. The molecular formula is C12H13N3O5. The Morgan fingerprint density at radius 2 is 2.00 bits per heavy atom. The van der Waals surface area contributed by atoms with E-state index in [1.54, 1.807) is 20.8 Å². The summed E-state index contributed by atoms with van der Waals surface area (Å²) in [5.74, 6) is -1.22. The van der Waals surface area contributed by atoms with E-state index in [4.69, 9.17) is 14.3 Å². The van der Waals surface area contributed by atoms with E-state index in [9.17, 15) is 9.59 Å². The van der Waals surface area contributed by atoms with Crippen LogP contribution < -0.4 is 0 Å². The zero-order valence-electron chi connectivity index (χ0n) is 11.2. The van der Waals surface area contributed by atoms with Gasteiger partial charge < -0.3 is 19.2 Å². The van der Waals surface area contributed by atoms with Crippen molar-refractivity contribution in [2.75, 3.05) is 0 Å². The van der Waals surface area contributed by atoms with Crippen LogP contribution in [0.5, 0.6) is 0 Å². The van der Waals surface area contributed by atoms with Crippen LogP contribution in [-0.4, -0.2) is 32.2 Å². The van der Waals surface area contributed by atoms with Gasteiger partial charge in [0, 0.05) is 12.6 Å². The maximum absolute atomic E-state index is 11.9. The number of carbonyl (C=O) groups is 2. The molecular weight excluding hydrogens is 266 g/mol. The molecule has 0 aliphatic carbocycles. The summed E-state index contributed by atoms with van der Waals surface area (Å²) in [6.07, 6.45) is 0. The monoisotopic (exact) mass is 279 g/mol. The van der Waals surface area contributed by atoms with Gasteiger partial charge in [-0.05, 0) is 19.4 Å². The molecule has 0 aromatic carbocycles. The molecule has 0 aliphatic rings. The van der Waals surface area contributed by atoms with Crippen molar-refractivity contribution in [3.63, 3.8) is 0 Å². The van der Waals surface area contributed by atoms with Gasteiger partial charge in [-0.3, -0.25) is 0 Å². The summed E-state index contributed by atoms with van der Waals surface area (Å²) in [6, 6.07) is 0. The Bertz CT molecular complexity index is 671. The van der Waals surface area contributed by atoms with Gasteiger partial charge >= 0.3 is 11.9 Å². The lowest BCUT2D eigenvalue weighted by molar-refractivity contribution is 0.0429. The van der Waals surface area contributed by atoms with Gasteiger partial charge in [-0.1, -0.05) is 0 Å². The predicted molar refractivity (Wildman–Crippen MR) is 65.4 cm³/mol. The molecule has 2 aromatic rings. The van der Waals surface area contributed by atoms with E-state index < -0.39 is 11.9 Å². The SMILES string of the molecule is Cc1nnc(COC(=O)c2[nH]c(C)c(C(=O)O)c2C)o1. The topological polar surface area (TPSA) is 118 Å². The molecule has 8 heteroatoms. The lowest BCUT2D eigenvalue weighted by Crippen LogP contribution is -2.08. The van der Waals surface area contributed by atoms with Gasteiger partial charge in [-0.25, -0.2) is 9.59 Å². The lowest BCUT2D eigenvalue weighted by Gasteiger charge is -2.01. The number of H-pyrrole nitrogens is 1. The minimum Gasteiger partial charge on any atom is -0.478 e. The normalized spacial score (nSPS) is 10.6. The first-order valence-electron chi connectivity index (χ1n) is 5.78. The highest BCUT2D eigenvalue weighted by atomic mass is 16.5. The van der Waals surface area contributed by atoms with Crippen molar-refractivity contribution in [1.29, 1.82) is 0 Å². The van der Waals surface area contributed by atoms with E-state index in [-0.39, 0.29) is 23.8 Å². The van der Waals surface area contributed by atoms with E-state index in [1.165, 1.54) is 0 Å². The third-order valence-corrected chi connectivity index (χ3v) is 2.75. The Morgan fingerprint density at radius 3 is 2.50 bits per heavy atom. The number of carboxylic acids is 1. The molecule has 0 bridgehead atoms. The molecule has 106 valence electrons. The van der Waals surface area contributed by atoms with Crippen molar-refractivity contribution in [1.82, 2.24) is 15.2 Å². The summed E-state index contributed by atoms with van der Waals surface area (Å²) >= 11 is 0. The van der Waals surface area contributed by atoms with E-state index in [0.29, 0.717) is 17.1 Å². The van der Waals surface area contributed by atoms with Crippen molar-refractivity contribution in [3.8, 4) is 0 Å². The van der Waals surface area contributed by atoms with Crippen LogP contribution in [0.1, 0.15) is 43.9 Å². The second-order valence-corrected chi connectivity index (χ2v) is 4.22. The minimum absolute atomic E-state index is 0.0746.